The van der Waals surface area contributed by atoms with E-state index in [9.17, 15) is 19.6 Å². The van der Waals surface area contributed by atoms with Gasteiger partial charge in [0.1, 0.15) is 5.82 Å². The zero-order chi connectivity index (χ0) is 17.1. The van der Waals surface area contributed by atoms with Gasteiger partial charge in [-0.1, -0.05) is 19.3 Å². The number of phenols is 1. The second-order valence-electron chi connectivity index (χ2n) is 6.75. The summed E-state index contributed by atoms with van der Waals surface area (Å²) in [6.45, 7) is 3.26. The van der Waals surface area contributed by atoms with Crippen molar-refractivity contribution in [3.63, 3.8) is 0 Å². The first-order valence-corrected chi connectivity index (χ1v) is 8.69. The van der Waals surface area contributed by atoms with Crippen LogP contribution in [-0.2, 0) is 0 Å². The normalized spacial score (nSPS) is 19.9. The van der Waals surface area contributed by atoms with E-state index in [2.05, 4.69) is 10.2 Å². The zero-order valence-electron chi connectivity index (χ0n) is 14.5. The molecule has 1 saturated heterocycles. The third kappa shape index (κ3) is 4.97. The van der Waals surface area contributed by atoms with E-state index in [1.165, 1.54) is 12.5 Å². The Morgan fingerprint density at radius 2 is 1.81 bits per heavy atom. The van der Waals surface area contributed by atoms with Gasteiger partial charge in [-0.2, -0.15) is 0 Å². The van der Waals surface area contributed by atoms with E-state index in [4.69, 9.17) is 0 Å². The molecule has 1 atom stereocenters. The number of nitro benzene ring substituents is 1. The first-order valence-electron chi connectivity index (χ1n) is 8.69. The van der Waals surface area contributed by atoms with E-state index in [0.717, 1.165) is 57.9 Å². The molecule has 0 unspecified atom stereocenters. The number of hydrogen-bond acceptors (Lipinski definition) is 5. The first-order chi connectivity index (χ1) is 11.6. The Morgan fingerprint density at radius 3 is 2.38 bits per heavy atom. The van der Waals surface area contributed by atoms with E-state index >= 15 is 0 Å². The van der Waals surface area contributed by atoms with Crippen LogP contribution in [0.4, 0.5) is 10.1 Å². The van der Waals surface area contributed by atoms with Crippen LogP contribution >= 0.6 is 24.8 Å². The summed E-state index contributed by atoms with van der Waals surface area (Å²) >= 11 is 0. The largest absolute Gasteiger partial charge is 0.502 e. The fraction of sp³-hybridized carbons (Fsp3) is 0.647. The van der Waals surface area contributed by atoms with Gasteiger partial charge in [-0.25, -0.2) is 4.39 Å². The van der Waals surface area contributed by atoms with Gasteiger partial charge in [0.15, 0.2) is 5.75 Å². The molecule has 6 nitrogen and oxygen atoms in total. The molecule has 26 heavy (non-hydrogen) atoms. The molecule has 0 bridgehead atoms. The predicted molar refractivity (Wildman–Crippen MR) is 103 cm³/mol. The number of benzene rings is 1. The summed E-state index contributed by atoms with van der Waals surface area (Å²) < 4.78 is 14.0. The van der Waals surface area contributed by atoms with Crippen LogP contribution in [0.25, 0.3) is 0 Å². The van der Waals surface area contributed by atoms with Gasteiger partial charge in [0.05, 0.1) is 11.0 Å². The lowest BCUT2D eigenvalue weighted by Crippen LogP contribution is -2.47. The number of rotatable bonds is 4. The van der Waals surface area contributed by atoms with Crippen LogP contribution in [0, 0.1) is 21.8 Å². The molecule has 0 aromatic heterocycles. The van der Waals surface area contributed by atoms with Crippen molar-refractivity contribution >= 4 is 30.5 Å². The molecule has 1 aromatic carbocycles. The molecule has 1 aliphatic carbocycles. The minimum absolute atomic E-state index is 0. The lowest BCUT2D eigenvalue weighted by molar-refractivity contribution is -0.386. The maximum absolute atomic E-state index is 14.0. The minimum Gasteiger partial charge on any atom is -0.502 e. The summed E-state index contributed by atoms with van der Waals surface area (Å²) in [5.74, 6) is -0.745. The monoisotopic (exact) mass is 409 g/mol. The molecule has 3 rings (SSSR count). The maximum atomic E-state index is 14.0. The van der Waals surface area contributed by atoms with Crippen molar-refractivity contribution in [1.82, 2.24) is 10.2 Å². The lowest BCUT2D eigenvalue weighted by Gasteiger charge is -2.41. The van der Waals surface area contributed by atoms with E-state index < -0.39 is 16.4 Å². The predicted octanol–water partition coefficient (Wildman–Crippen LogP) is 3.81. The van der Waals surface area contributed by atoms with Crippen LogP contribution in [0.5, 0.6) is 5.75 Å². The van der Waals surface area contributed by atoms with E-state index in [1.54, 1.807) is 0 Å². The van der Waals surface area contributed by atoms with Crippen molar-refractivity contribution in [3.05, 3.63) is 33.6 Å². The van der Waals surface area contributed by atoms with Crippen LogP contribution < -0.4 is 5.32 Å². The Bertz CT molecular complexity index is 591. The molecule has 9 heteroatoms. The van der Waals surface area contributed by atoms with Gasteiger partial charge in [-0.05, 0) is 24.8 Å². The average Bonchev–Trinajstić information content (AvgIpc) is 2.59. The highest BCUT2D eigenvalue weighted by Gasteiger charge is 2.35. The van der Waals surface area contributed by atoms with Crippen molar-refractivity contribution in [3.8, 4) is 5.75 Å². The molecule has 2 fully saturated rings. The topological polar surface area (TPSA) is 78.6 Å². The van der Waals surface area contributed by atoms with Gasteiger partial charge in [0.25, 0.3) is 0 Å². The number of phenolic OH excluding ortho intramolecular Hbond substituents is 1. The second kappa shape index (κ2) is 10.3. The Kier molecular flexibility index (Phi) is 9.03. The number of piperazine rings is 1. The number of hydrogen-bond donors (Lipinski definition) is 2. The van der Waals surface area contributed by atoms with Crippen LogP contribution in [0.3, 0.4) is 0 Å². The van der Waals surface area contributed by atoms with Crippen molar-refractivity contribution < 1.29 is 14.4 Å². The highest BCUT2D eigenvalue weighted by Crippen LogP contribution is 2.44. The summed E-state index contributed by atoms with van der Waals surface area (Å²) in [5, 5.41) is 24.9. The number of halogens is 3. The van der Waals surface area contributed by atoms with Gasteiger partial charge in [0.2, 0.25) is 0 Å². The third-order valence-electron chi connectivity index (χ3n) is 5.24. The van der Waals surface area contributed by atoms with Crippen LogP contribution in [0.2, 0.25) is 0 Å². The van der Waals surface area contributed by atoms with Crippen molar-refractivity contribution in [2.45, 2.75) is 38.1 Å². The van der Waals surface area contributed by atoms with E-state index in [0.29, 0.717) is 11.5 Å². The summed E-state index contributed by atoms with van der Waals surface area (Å²) in [4.78, 5) is 12.7. The Morgan fingerprint density at radius 1 is 1.19 bits per heavy atom. The molecule has 0 spiro atoms. The van der Waals surface area contributed by atoms with Crippen LogP contribution in [0.15, 0.2) is 12.1 Å². The molecule has 2 aliphatic rings. The number of nitrogens with zero attached hydrogens (tertiary/aromatic N) is 2. The second-order valence-corrected chi connectivity index (χ2v) is 6.75. The van der Waals surface area contributed by atoms with Crippen LogP contribution in [0.1, 0.15) is 43.7 Å². The van der Waals surface area contributed by atoms with Gasteiger partial charge < -0.3 is 10.4 Å². The highest BCUT2D eigenvalue weighted by molar-refractivity contribution is 5.85. The Hall–Kier alpha value is -1.15. The fourth-order valence-corrected chi connectivity index (χ4v) is 4.13. The lowest BCUT2D eigenvalue weighted by atomic mass is 9.79. The number of aromatic hydroxyl groups is 1. The summed E-state index contributed by atoms with van der Waals surface area (Å²) in [6.07, 6.45) is 5.45. The summed E-state index contributed by atoms with van der Waals surface area (Å²) in [6, 6.07) is 1.92. The standard InChI is InChI=1S/C17H24FN3O3.2ClH/c18-13-10-14(17(22)15(11-13)21(23)24)16(12-4-2-1-3-5-12)20-8-6-19-7-9-20;;/h10-12,16,19,22H,1-9H2;2*1H/t16-;;/m1../s1. The van der Waals surface area contributed by atoms with E-state index in [1.807, 2.05) is 0 Å². The van der Waals surface area contributed by atoms with Crippen LogP contribution in [-0.4, -0.2) is 41.1 Å². The molecule has 1 aliphatic heterocycles. The summed E-state index contributed by atoms with van der Waals surface area (Å²) in [7, 11) is 0. The van der Waals surface area contributed by atoms with Gasteiger partial charge in [-0.15, -0.1) is 24.8 Å². The molecule has 1 aromatic rings. The van der Waals surface area contributed by atoms with Gasteiger partial charge in [0, 0.05) is 37.8 Å². The molecule has 1 saturated carbocycles. The third-order valence-corrected chi connectivity index (χ3v) is 5.24. The average molecular weight is 410 g/mol. The molecule has 2 N–H and O–H groups in total. The minimum atomic E-state index is -0.711. The Balaban J connectivity index is 0.00000169. The van der Waals surface area contributed by atoms with Crippen molar-refractivity contribution in [2.75, 3.05) is 26.2 Å². The van der Waals surface area contributed by atoms with Crippen molar-refractivity contribution in [2.24, 2.45) is 5.92 Å². The summed E-state index contributed by atoms with van der Waals surface area (Å²) in [5.41, 5.74) is -0.170. The van der Waals surface area contributed by atoms with Gasteiger partial charge in [-0.3, -0.25) is 15.0 Å². The molecule has 148 valence electrons. The molecule has 0 radical (unpaired) electrons. The molecule has 0 amide bonds. The maximum Gasteiger partial charge on any atom is 0.313 e. The fourth-order valence-electron chi connectivity index (χ4n) is 4.13. The van der Waals surface area contributed by atoms with Crippen molar-refractivity contribution in [1.29, 1.82) is 0 Å². The number of nitro groups is 1. The number of nitrogens with one attached hydrogen (secondary N) is 1. The van der Waals surface area contributed by atoms with Gasteiger partial charge >= 0.3 is 5.69 Å². The van der Waals surface area contributed by atoms with E-state index in [-0.39, 0.29) is 36.6 Å². The molecular weight excluding hydrogens is 384 g/mol. The molecular formula is C17H26Cl2FN3O3. The molecule has 1 heterocycles. The first kappa shape index (κ1) is 22.9. The smallest absolute Gasteiger partial charge is 0.313 e. The Labute approximate surface area is 165 Å². The SMILES string of the molecule is Cl.Cl.O=[N+]([O-])c1cc(F)cc([C@@H](C2CCCCC2)N2CCNCC2)c1O. The highest BCUT2D eigenvalue weighted by atomic mass is 35.5. The quantitative estimate of drug-likeness (QED) is 0.583. The zero-order valence-corrected chi connectivity index (χ0v) is 16.2.